The number of hydrogen-bond acceptors (Lipinski definition) is 2. The summed E-state index contributed by atoms with van der Waals surface area (Å²) in [6.07, 6.45) is 4.42. The Morgan fingerprint density at radius 2 is 1.92 bits per heavy atom. The van der Waals surface area contributed by atoms with Crippen LogP contribution in [-0.4, -0.2) is 12.3 Å². The fourth-order valence-electron chi connectivity index (χ4n) is 1.21. The minimum absolute atomic E-state index is 1.01. The van der Waals surface area contributed by atoms with Crippen LogP contribution in [0.25, 0.3) is 0 Å². The zero-order chi connectivity index (χ0) is 9.10. The molecular weight excluding hydrogens is 246 g/mol. The molecule has 1 aromatic rings. The lowest BCUT2D eigenvalue weighted by molar-refractivity contribution is 1.19. The lowest BCUT2D eigenvalue weighted by Gasteiger charge is -2.23. The minimum Gasteiger partial charge on any atom is -0.312 e. The lowest BCUT2D eigenvalue weighted by Crippen LogP contribution is -2.17. The Hall–Kier alpha value is -0.410. The quantitative estimate of drug-likeness (QED) is 0.559. The van der Waals surface area contributed by atoms with Crippen molar-refractivity contribution in [1.82, 2.24) is 0 Å². The smallest absolute Gasteiger partial charge is 0.0476 e. The molecule has 0 bridgehead atoms. The fourth-order valence-corrected chi connectivity index (χ4v) is 2.34. The van der Waals surface area contributed by atoms with Gasteiger partial charge in [-0.25, -0.2) is 0 Å². The Balaban J connectivity index is 2.15. The highest BCUT2D eigenvalue weighted by Gasteiger charge is 2.06. The van der Waals surface area contributed by atoms with E-state index in [1.54, 1.807) is 0 Å². The second-order valence-electron chi connectivity index (χ2n) is 2.80. The Kier molecular flexibility index (Phi) is 2.96. The van der Waals surface area contributed by atoms with Crippen molar-refractivity contribution in [3.05, 3.63) is 40.9 Å². The van der Waals surface area contributed by atoms with Gasteiger partial charge in [-0.1, -0.05) is 28.1 Å². The molecule has 0 N–H and O–H groups in total. The summed E-state index contributed by atoms with van der Waals surface area (Å²) in [5.41, 5.74) is 1.28. The standard InChI is InChI=1S/C10H10BrNS/c11-9-3-5-10(6-4-9)12-7-1-2-8-13-12/h1-6H,7-8H2. The predicted molar refractivity (Wildman–Crippen MR) is 63.1 cm³/mol. The van der Waals surface area contributed by atoms with E-state index in [-0.39, 0.29) is 0 Å². The molecule has 0 aromatic heterocycles. The second-order valence-corrected chi connectivity index (χ2v) is 4.75. The molecule has 3 heteroatoms. The van der Waals surface area contributed by atoms with E-state index in [4.69, 9.17) is 0 Å². The summed E-state index contributed by atoms with van der Waals surface area (Å²) in [5.74, 6) is 1.08. The van der Waals surface area contributed by atoms with Crippen molar-refractivity contribution in [2.24, 2.45) is 0 Å². The summed E-state index contributed by atoms with van der Waals surface area (Å²) >= 11 is 5.28. The third-order valence-electron chi connectivity index (χ3n) is 1.88. The molecule has 0 aliphatic carbocycles. The summed E-state index contributed by atoms with van der Waals surface area (Å²) in [4.78, 5) is 0. The van der Waals surface area contributed by atoms with Crippen molar-refractivity contribution in [2.75, 3.05) is 16.6 Å². The highest BCUT2D eigenvalue weighted by Crippen LogP contribution is 2.26. The normalized spacial score (nSPS) is 16.2. The van der Waals surface area contributed by atoms with Gasteiger partial charge in [0, 0.05) is 22.5 Å². The van der Waals surface area contributed by atoms with Gasteiger partial charge in [0.25, 0.3) is 0 Å². The van der Waals surface area contributed by atoms with Crippen LogP contribution in [0.3, 0.4) is 0 Å². The molecule has 2 rings (SSSR count). The molecule has 1 aliphatic rings. The molecule has 0 saturated carbocycles. The number of benzene rings is 1. The van der Waals surface area contributed by atoms with E-state index >= 15 is 0 Å². The first kappa shape index (κ1) is 9.16. The zero-order valence-corrected chi connectivity index (χ0v) is 9.51. The van der Waals surface area contributed by atoms with Gasteiger partial charge in [0.05, 0.1) is 0 Å². The molecule has 0 fully saturated rings. The van der Waals surface area contributed by atoms with E-state index in [1.165, 1.54) is 5.69 Å². The van der Waals surface area contributed by atoms with Gasteiger partial charge in [-0.05, 0) is 36.2 Å². The third kappa shape index (κ3) is 2.29. The monoisotopic (exact) mass is 255 g/mol. The molecule has 68 valence electrons. The van der Waals surface area contributed by atoms with Gasteiger partial charge < -0.3 is 4.31 Å². The van der Waals surface area contributed by atoms with Crippen LogP contribution in [0.15, 0.2) is 40.9 Å². The molecule has 0 atom stereocenters. The summed E-state index contributed by atoms with van der Waals surface area (Å²) in [5, 5.41) is 0. The number of rotatable bonds is 1. The van der Waals surface area contributed by atoms with Crippen LogP contribution in [0, 0.1) is 0 Å². The first-order chi connectivity index (χ1) is 6.36. The fraction of sp³-hybridized carbons (Fsp3) is 0.200. The highest BCUT2D eigenvalue weighted by atomic mass is 79.9. The summed E-state index contributed by atoms with van der Waals surface area (Å²) < 4.78 is 3.43. The Labute approximate surface area is 91.1 Å². The van der Waals surface area contributed by atoms with Crippen LogP contribution in [0.1, 0.15) is 0 Å². The largest absolute Gasteiger partial charge is 0.312 e. The van der Waals surface area contributed by atoms with Crippen molar-refractivity contribution in [1.29, 1.82) is 0 Å². The van der Waals surface area contributed by atoms with Crippen LogP contribution in [0.5, 0.6) is 0 Å². The van der Waals surface area contributed by atoms with Crippen LogP contribution >= 0.6 is 27.9 Å². The highest BCUT2D eigenvalue weighted by molar-refractivity contribution is 9.10. The zero-order valence-electron chi connectivity index (χ0n) is 7.11. The molecule has 0 saturated heterocycles. The minimum atomic E-state index is 1.01. The van der Waals surface area contributed by atoms with E-state index in [9.17, 15) is 0 Å². The molecule has 1 heterocycles. The van der Waals surface area contributed by atoms with Crippen molar-refractivity contribution in [3.63, 3.8) is 0 Å². The molecule has 1 aliphatic heterocycles. The summed E-state index contributed by atoms with van der Waals surface area (Å²) in [6.45, 7) is 1.01. The maximum absolute atomic E-state index is 3.43. The molecule has 13 heavy (non-hydrogen) atoms. The van der Waals surface area contributed by atoms with Crippen LogP contribution in [0.4, 0.5) is 5.69 Å². The van der Waals surface area contributed by atoms with Gasteiger partial charge in [-0.2, -0.15) is 0 Å². The Bertz CT molecular complexity index is 307. The number of nitrogens with zero attached hydrogens (tertiary/aromatic N) is 1. The summed E-state index contributed by atoms with van der Waals surface area (Å²) in [7, 11) is 0. The van der Waals surface area contributed by atoms with Crippen LogP contribution < -0.4 is 4.31 Å². The average Bonchev–Trinajstić information content (AvgIpc) is 2.20. The first-order valence-electron chi connectivity index (χ1n) is 4.17. The maximum Gasteiger partial charge on any atom is 0.0476 e. The number of anilines is 1. The van der Waals surface area contributed by atoms with Crippen molar-refractivity contribution in [3.8, 4) is 0 Å². The van der Waals surface area contributed by atoms with Gasteiger partial charge in [-0.3, -0.25) is 0 Å². The number of halogens is 1. The maximum atomic E-state index is 3.43. The topological polar surface area (TPSA) is 3.24 Å². The molecular formula is C10H10BrNS. The van der Waals surface area contributed by atoms with E-state index in [0.29, 0.717) is 0 Å². The Morgan fingerprint density at radius 3 is 2.54 bits per heavy atom. The molecule has 0 unspecified atom stereocenters. The molecule has 0 spiro atoms. The lowest BCUT2D eigenvalue weighted by atomic mass is 10.3. The van der Waals surface area contributed by atoms with E-state index in [1.807, 2.05) is 11.9 Å². The summed E-state index contributed by atoms with van der Waals surface area (Å²) in [6, 6.07) is 8.43. The van der Waals surface area contributed by atoms with Crippen LogP contribution in [0.2, 0.25) is 0 Å². The average molecular weight is 256 g/mol. The first-order valence-corrected chi connectivity index (χ1v) is 5.91. The van der Waals surface area contributed by atoms with Gasteiger partial charge >= 0.3 is 0 Å². The van der Waals surface area contributed by atoms with Gasteiger partial charge in [0.1, 0.15) is 0 Å². The van der Waals surface area contributed by atoms with Gasteiger partial charge in [0.15, 0.2) is 0 Å². The van der Waals surface area contributed by atoms with E-state index in [2.05, 4.69) is 56.7 Å². The van der Waals surface area contributed by atoms with Gasteiger partial charge in [0.2, 0.25) is 0 Å². The van der Waals surface area contributed by atoms with Crippen molar-refractivity contribution >= 4 is 33.6 Å². The SMILES string of the molecule is Brc1ccc(N2CC=CCS2)cc1. The molecule has 0 amide bonds. The predicted octanol–water partition coefficient (Wildman–Crippen LogP) is 3.47. The van der Waals surface area contributed by atoms with E-state index < -0.39 is 0 Å². The second kappa shape index (κ2) is 4.20. The third-order valence-corrected chi connectivity index (χ3v) is 3.42. The van der Waals surface area contributed by atoms with Crippen LogP contribution in [-0.2, 0) is 0 Å². The van der Waals surface area contributed by atoms with Crippen molar-refractivity contribution < 1.29 is 0 Å². The Morgan fingerprint density at radius 1 is 1.15 bits per heavy atom. The number of hydrogen-bond donors (Lipinski definition) is 0. The molecule has 0 radical (unpaired) electrons. The van der Waals surface area contributed by atoms with E-state index in [0.717, 1.165) is 16.8 Å². The van der Waals surface area contributed by atoms with Gasteiger partial charge in [-0.15, -0.1) is 0 Å². The molecule has 1 nitrogen and oxygen atoms in total. The molecule has 1 aromatic carbocycles. The van der Waals surface area contributed by atoms with Crippen molar-refractivity contribution in [2.45, 2.75) is 0 Å².